The van der Waals surface area contributed by atoms with Crippen molar-refractivity contribution in [2.24, 2.45) is 0 Å². The van der Waals surface area contributed by atoms with Gasteiger partial charge < -0.3 is 4.74 Å². The highest BCUT2D eigenvalue weighted by atomic mass is 35.5. The fourth-order valence-electron chi connectivity index (χ4n) is 1.49. The Morgan fingerprint density at radius 1 is 1.18 bits per heavy atom. The van der Waals surface area contributed by atoms with Crippen LogP contribution in [0.3, 0.4) is 0 Å². The van der Waals surface area contributed by atoms with Gasteiger partial charge in [-0.15, -0.1) is 0 Å². The Kier molecular flexibility index (Phi) is 3.50. The molecule has 0 aliphatic carbocycles. The standard InChI is InChI=1S/C12H10Cl2N2O/c1-7-6-10(13)16-12(15-7)8-4-3-5-9(17-2)11(8)14/h3-6H,1-2H3. The maximum atomic E-state index is 6.20. The molecule has 0 amide bonds. The Morgan fingerprint density at radius 2 is 1.94 bits per heavy atom. The Bertz CT molecular complexity index is 538. The van der Waals surface area contributed by atoms with Crippen molar-refractivity contribution in [3.8, 4) is 17.1 Å². The van der Waals surface area contributed by atoms with Crippen molar-refractivity contribution in [1.82, 2.24) is 9.97 Å². The molecule has 0 saturated carbocycles. The lowest BCUT2D eigenvalue weighted by Crippen LogP contribution is -1.94. The van der Waals surface area contributed by atoms with Crippen LogP contribution in [0.1, 0.15) is 5.69 Å². The van der Waals surface area contributed by atoms with Crippen LogP contribution in [0.15, 0.2) is 24.3 Å². The SMILES string of the molecule is COc1cccc(-c2nc(C)cc(Cl)n2)c1Cl. The first-order chi connectivity index (χ1) is 8.11. The summed E-state index contributed by atoms with van der Waals surface area (Å²) >= 11 is 12.1. The van der Waals surface area contributed by atoms with E-state index in [1.807, 2.05) is 19.1 Å². The van der Waals surface area contributed by atoms with Gasteiger partial charge in [-0.3, -0.25) is 0 Å². The quantitative estimate of drug-likeness (QED) is 0.778. The molecule has 0 aliphatic rings. The molecule has 2 aromatic rings. The molecule has 0 N–H and O–H groups in total. The van der Waals surface area contributed by atoms with Crippen molar-refractivity contribution in [2.45, 2.75) is 6.92 Å². The predicted molar refractivity (Wildman–Crippen MR) is 68.8 cm³/mol. The molecule has 0 saturated heterocycles. The number of methoxy groups -OCH3 is 1. The van der Waals surface area contributed by atoms with Crippen molar-refractivity contribution in [3.63, 3.8) is 0 Å². The van der Waals surface area contributed by atoms with E-state index in [0.29, 0.717) is 27.3 Å². The van der Waals surface area contributed by atoms with E-state index in [-0.39, 0.29) is 0 Å². The van der Waals surface area contributed by atoms with Crippen LogP contribution in [-0.4, -0.2) is 17.1 Å². The zero-order chi connectivity index (χ0) is 12.4. The third-order valence-electron chi connectivity index (χ3n) is 2.25. The van der Waals surface area contributed by atoms with E-state index in [1.54, 1.807) is 19.2 Å². The molecule has 17 heavy (non-hydrogen) atoms. The van der Waals surface area contributed by atoms with Crippen LogP contribution >= 0.6 is 23.2 Å². The second kappa shape index (κ2) is 4.90. The highest BCUT2D eigenvalue weighted by molar-refractivity contribution is 6.34. The zero-order valence-electron chi connectivity index (χ0n) is 9.37. The van der Waals surface area contributed by atoms with Gasteiger partial charge in [-0.1, -0.05) is 29.3 Å². The highest BCUT2D eigenvalue weighted by Crippen LogP contribution is 2.33. The number of hydrogen-bond acceptors (Lipinski definition) is 3. The van der Waals surface area contributed by atoms with E-state index in [4.69, 9.17) is 27.9 Å². The molecular formula is C12H10Cl2N2O. The lowest BCUT2D eigenvalue weighted by atomic mass is 10.2. The van der Waals surface area contributed by atoms with E-state index in [9.17, 15) is 0 Å². The summed E-state index contributed by atoms with van der Waals surface area (Å²) in [6.45, 7) is 1.85. The van der Waals surface area contributed by atoms with Crippen LogP contribution in [0.5, 0.6) is 5.75 Å². The second-order valence-electron chi connectivity index (χ2n) is 3.48. The van der Waals surface area contributed by atoms with E-state index in [1.165, 1.54) is 0 Å². The normalized spacial score (nSPS) is 10.4. The minimum Gasteiger partial charge on any atom is -0.495 e. The molecule has 0 fully saturated rings. The van der Waals surface area contributed by atoms with Crippen molar-refractivity contribution in [3.05, 3.63) is 40.1 Å². The molecule has 0 atom stereocenters. The Labute approximate surface area is 109 Å². The summed E-state index contributed by atoms with van der Waals surface area (Å²) in [4.78, 5) is 8.46. The van der Waals surface area contributed by atoms with E-state index < -0.39 is 0 Å². The fraction of sp³-hybridized carbons (Fsp3) is 0.167. The fourth-order valence-corrected chi connectivity index (χ4v) is 2.02. The summed E-state index contributed by atoms with van der Waals surface area (Å²) in [5.74, 6) is 1.09. The molecule has 3 nitrogen and oxygen atoms in total. The molecule has 2 rings (SSSR count). The number of rotatable bonds is 2. The minimum absolute atomic E-state index is 0.395. The van der Waals surface area contributed by atoms with Crippen LogP contribution in [0.25, 0.3) is 11.4 Å². The van der Waals surface area contributed by atoms with Gasteiger partial charge >= 0.3 is 0 Å². The lowest BCUT2D eigenvalue weighted by molar-refractivity contribution is 0.415. The van der Waals surface area contributed by atoms with E-state index in [0.717, 1.165) is 5.69 Å². The molecule has 1 aromatic carbocycles. The predicted octanol–water partition coefficient (Wildman–Crippen LogP) is 3.77. The molecular weight excluding hydrogens is 259 g/mol. The van der Waals surface area contributed by atoms with Crippen molar-refractivity contribution in [1.29, 1.82) is 0 Å². The summed E-state index contributed by atoms with van der Waals surface area (Å²) in [5.41, 5.74) is 1.50. The first kappa shape index (κ1) is 12.1. The number of nitrogens with zero attached hydrogens (tertiary/aromatic N) is 2. The van der Waals surface area contributed by atoms with Gasteiger partial charge in [-0.05, 0) is 25.1 Å². The number of aryl methyl sites for hydroxylation is 1. The molecule has 0 unspecified atom stereocenters. The Balaban J connectivity index is 2.60. The average molecular weight is 269 g/mol. The monoisotopic (exact) mass is 268 g/mol. The molecule has 1 heterocycles. The van der Waals surface area contributed by atoms with Crippen LogP contribution in [0.4, 0.5) is 0 Å². The highest BCUT2D eigenvalue weighted by Gasteiger charge is 2.11. The lowest BCUT2D eigenvalue weighted by Gasteiger charge is -2.08. The molecule has 5 heteroatoms. The van der Waals surface area contributed by atoms with Crippen molar-refractivity contribution in [2.75, 3.05) is 7.11 Å². The van der Waals surface area contributed by atoms with Gasteiger partial charge in [0, 0.05) is 11.3 Å². The number of hydrogen-bond donors (Lipinski definition) is 0. The Morgan fingerprint density at radius 3 is 2.59 bits per heavy atom. The Hall–Kier alpha value is -1.32. The summed E-state index contributed by atoms with van der Waals surface area (Å²) in [5, 5.41) is 0.878. The first-order valence-electron chi connectivity index (χ1n) is 4.96. The van der Waals surface area contributed by atoms with Gasteiger partial charge in [0.15, 0.2) is 5.82 Å². The second-order valence-corrected chi connectivity index (χ2v) is 4.24. The van der Waals surface area contributed by atoms with Gasteiger partial charge in [0.1, 0.15) is 10.9 Å². The van der Waals surface area contributed by atoms with Crippen LogP contribution < -0.4 is 4.74 Å². The maximum absolute atomic E-state index is 6.20. The number of ether oxygens (including phenoxy) is 1. The average Bonchev–Trinajstić information content (AvgIpc) is 2.28. The molecule has 0 radical (unpaired) electrons. The molecule has 0 bridgehead atoms. The maximum Gasteiger partial charge on any atom is 0.162 e. The number of benzene rings is 1. The zero-order valence-corrected chi connectivity index (χ0v) is 10.9. The van der Waals surface area contributed by atoms with Crippen LogP contribution in [-0.2, 0) is 0 Å². The van der Waals surface area contributed by atoms with Crippen molar-refractivity contribution < 1.29 is 4.74 Å². The van der Waals surface area contributed by atoms with Gasteiger partial charge in [-0.25, -0.2) is 9.97 Å². The largest absolute Gasteiger partial charge is 0.495 e. The molecule has 1 aromatic heterocycles. The third-order valence-corrected chi connectivity index (χ3v) is 2.83. The molecule has 0 spiro atoms. The summed E-state index contributed by atoms with van der Waals surface area (Å²) in [6.07, 6.45) is 0. The van der Waals surface area contributed by atoms with Gasteiger partial charge in [0.2, 0.25) is 0 Å². The van der Waals surface area contributed by atoms with Gasteiger partial charge in [0.05, 0.1) is 12.1 Å². The van der Waals surface area contributed by atoms with Gasteiger partial charge in [-0.2, -0.15) is 0 Å². The van der Waals surface area contributed by atoms with Crippen LogP contribution in [0.2, 0.25) is 10.2 Å². The number of halogens is 2. The topological polar surface area (TPSA) is 35.0 Å². The minimum atomic E-state index is 0.395. The smallest absolute Gasteiger partial charge is 0.162 e. The summed E-state index contributed by atoms with van der Waals surface area (Å²) in [6, 6.07) is 7.14. The number of aromatic nitrogens is 2. The van der Waals surface area contributed by atoms with E-state index >= 15 is 0 Å². The molecule has 88 valence electrons. The summed E-state index contributed by atoms with van der Waals surface area (Å²) in [7, 11) is 1.56. The van der Waals surface area contributed by atoms with Crippen LogP contribution in [0, 0.1) is 6.92 Å². The van der Waals surface area contributed by atoms with E-state index in [2.05, 4.69) is 9.97 Å². The first-order valence-corrected chi connectivity index (χ1v) is 5.71. The summed E-state index contributed by atoms with van der Waals surface area (Å²) < 4.78 is 5.15. The molecule has 0 aliphatic heterocycles. The third kappa shape index (κ3) is 2.51. The van der Waals surface area contributed by atoms with Crippen molar-refractivity contribution >= 4 is 23.2 Å². The van der Waals surface area contributed by atoms with Gasteiger partial charge in [0.25, 0.3) is 0 Å².